The molecule has 4 rings (SSSR count). The van der Waals surface area contributed by atoms with Gasteiger partial charge in [0.1, 0.15) is 6.04 Å². The Kier molecular flexibility index (Phi) is 4.51. The molecule has 0 amide bonds. The van der Waals surface area contributed by atoms with Crippen LogP contribution in [0.25, 0.3) is 10.9 Å². The fraction of sp³-hybridized carbons (Fsp3) is 0.125. The lowest BCUT2D eigenvalue weighted by Gasteiger charge is -2.19. The number of aromatic nitrogens is 1. The van der Waals surface area contributed by atoms with E-state index in [9.17, 15) is 4.79 Å². The summed E-state index contributed by atoms with van der Waals surface area (Å²) < 4.78 is 0. The third-order valence-corrected chi connectivity index (χ3v) is 4.89. The number of anilines is 1. The fourth-order valence-corrected chi connectivity index (χ4v) is 3.32. The van der Waals surface area contributed by atoms with Gasteiger partial charge in [0.05, 0.1) is 0 Å². The first kappa shape index (κ1) is 17.1. The largest absolute Gasteiger partial charge is 0.371 e. The van der Waals surface area contributed by atoms with E-state index in [1.54, 1.807) is 0 Å². The predicted molar refractivity (Wildman–Crippen MR) is 111 cm³/mol. The second kappa shape index (κ2) is 7.12. The molecular weight excluding hydrogens is 332 g/mol. The highest BCUT2D eigenvalue weighted by Crippen LogP contribution is 2.30. The number of Topliss-reactive ketones (excluding diaryl/α,β-unsaturated/α-hetero) is 1. The topological polar surface area (TPSA) is 44.9 Å². The Labute approximate surface area is 159 Å². The van der Waals surface area contributed by atoms with Gasteiger partial charge in [0.15, 0.2) is 5.78 Å². The molecule has 0 aliphatic heterocycles. The van der Waals surface area contributed by atoms with E-state index in [0.29, 0.717) is 5.56 Å². The van der Waals surface area contributed by atoms with Gasteiger partial charge in [-0.2, -0.15) is 0 Å². The van der Waals surface area contributed by atoms with E-state index in [1.165, 1.54) is 5.56 Å². The van der Waals surface area contributed by atoms with E-state index in [2.05, 4.69) is 17.2 Å². The van der Waals surface area contributed by atoms with E-state index in [4.69, 9.17) is 0 Å². The summed E-state index contributed by atoms with van der Waals surface area (Å²) in [5.41, 5.74) is 5.94. The summed E-state index contributed by atoms with van der Waals surface area (Å²) in [5, 5.41) is 4.50. The monoisotopic (exact) mass is 354 g/mol. The number of carbonyl (C=O) groups excluding carboxylic acids is 1. The summed E-state index contributed by atoms with van der Waals surface area (Å²) in [5.74, 6) is 0.0559. The second-order valence-electron chi connectivity index (χ2n) is 6.96. The van der Waals surface area contributed by atoms with Crippen LogP contribution in [-0.4, -0.2) is 10.8 Å². The first-order valence-corrected chi connectivity index (χ1v) is 9.12. The molecule has 0 aliphatic carbocycles. The molecule has 0 spiro atoms. The molecule has 0 saturated carbocycles. The first-order valence-electron chi connectivity index (χ1n) is 9.12. The molecule has 3 aromatic carbocycles. The summed E-state index contributed by atoms with van der Waals surface area (Å²) in [6, 6.07) is 23.5. The maximum atomic E-state index is 13.4. The highest BCUT2D eigenvalue weighted by molar-refractivity contribution is 6.04. The van der Waals surface area contributed by atoms with Gasteiger partial charge >= 0.3 is 0 Å². The van der Waals surface area contributed by atoms with Gasteiger partial charge in [-0.1, -0.05) is 65.7 Å². The molecular formula is C24H22N2O. The molecule has 0 bridgehead atoms. The van der Waals surface area contributed by atoms with E-state index in [1.807, 2.05) is 85.9 Å². The van der Waals surface area contributed by atoms with Crippen molar-refractivity contribution in [3.63, 3.8) is 0 Å². The zero-order chi connectivity index (χ0) is 18.8. The first-order chi connectivity index (χ1) is 13.1. The van der Waals surface area contributed by atoms with Gasteiger partial charge in [0.25, 0.3) is 0 Å². The third kappa shape index (κ3) is 3.49. The molecule has 27 heavy (non-hydrogen) atoms. The summed E-state index contributed by atoms with van der Waals surface area (Å²) in [6.07, 6.45) is 1.93. The average molecular weight is 354 g/mol. The SMILES string of the molecule is Cc1ccc(NC(C(=O)c2ccc(C)cc2)c2c[nH]c3ccccc23)cc1. The van der Waals surface area contributed by atoms with Crippen LogP contribution >= 0.6 is 0 Å². The number of carbonyl (C=O) groups is 1. The lowest BCUT2D eigenvalue weighted by molar-refractivity contribution is 0.0970. The average Bonchev–Trinajstić information content (AvgIpc) is 3.11. The van der Waals surface area contributed by atoms with Crippen LogP contribution in [0.15, 0.2) is 79.0 Å². The minimum atomic E-state index is -0.466. The van der Waals surface area contributed by atoms with Crippen molar-refractivity contribution in [3.05, 3.63) is 101 Å². The van der Waals surface area contributed by atoms with Crippen molar-refractivity contribution in [3.8, 4) is 0 Å². The molecule has 4 aromatic rings. The van der Waals surface area contributed by atoms with Gasteiger partial charge in [-0.3, -0.25) is 4.79 Å². The molecule has 134 valence electrons. The molecule has 3 heteroatoms. The highest BCUT2D eigenvalue weighted by Gasteiger charge is 2.24. The number of hydrogen-bond acceptors (Lipinski definition) is 2. The number of aromatic amines is 1. The molecule has 2 N–H and O–H groups in total. The number of benzene rings is 3. The van der Waals surface area contributed by atoms with Crippen molar-refractivity contribution < 1.29 is 4.79 Å². The predicted octanol–water partition coefficient (Wildman–Crippen LogP) is 5.82. The number of hydrogen-bond donors (Lipinski definition) is 2. The molecule has 0 saturated heterocycles. The molecule has 0 radical (unpaired) electrons. The van der Waals surface area contributed by atoms with E-state index < -0.39 is 6.04 Å². The van der Waals surface area contributed by atoms with E-state index in [-0.39, 0.29) is 5.78 Å². The standard InChI is InChI=1S/C24H22N2O/c1-16-7-11-18(12-8-16)24(27)23(26-19-13-9-17(2)10-14-19)21-15-25-22-6-4-3-5-20(21)22/h3-15,23,25-26H,1-2H3. The van der Waals surface area contributed by atoms with Crippen molar-refractivity contribution in [1.29, 1.82) is 0 Å². The Morgan fingerprint density at radius 3 is 2.19 bits per heavy atom. The second-order valence-corrected chi connectivity index (χ2v) is 6.96. The number of fused-ring (bicyclic) bond motifs is 1. The van der Waals surface area contributed by atoms with Crippen LogP contribution in [0.3, 0.4) is 0 Å². The van der Waals surface area contributed by atoms with Crippen molar-refractivity contribution in [1.82, 2.24) is 4.98 Å². The normalized spacial score (nSPS) is 12.1. The molecule has 0 aliphatic rings. The number of aryl methyl sites for hydroxylation is 2. The lowest BCUT2D eigenvalue weighted by Crippen LogP contribution is -2.21. The Balaban J connectivity index is 1.77. The zero-order valence-electron chi connectivity index (χ0n) is 15.5. The quantitative estimate of drug-likeness (QED) is 0.444. The Morgan fingerprint density at radius 2 is 1.48 bits per heavy atom. The molecule has 0 fully saturated rings. The van der Waals surface area contributed by atoms with Crippen LogP contribution in [0, 0.1) is 13.8 Å². The van der Waals surface area contributed by atoms with Crippen LogP contribution < -0.4 is 5.32 Å². The van der Waals surface area contributed by atoms with Crippen LogP contribution in [0.1, 0.15) is 33.1 Å². The number of para-hydroxylation sites is 1. The van der Waals surface area contributed by atoms with Gasteiger partial charge in [-0.15, -0.1) is 0 Å². The summed E-state index contributed by atoms with van der Waals surface area (Å²) in [7, 11) is 0. The van der Waals surface area contributed by atoms with Crippen LogP contribution in [0.2, 0.25) is 0 Å². The fourth-order valence-electron chi connectivity index (χ4n) is 3.32. The molecule has 1 aromatic heterocycles. The molecule has 1 unspecified atom stereocenters. The van der Waals surface area contributed by atoms with Crippen molar-refractivity contribution in [2.24, 2.45) is 0 Å². The Morgan fingerprint density at radius 1 is 0.852 bits per heavy atom. The van der Waals surface area contributed by atoms with Gasteiger partial charge in [0.2, 0.25) is 0 Å². The maximum absolute atomic E-state index is 13.4. The van der Waals surface area contributed by atoms with E-state index in [0.717, 1.165) is 27.7 Å². The zero-order valence-corrected chi connectivity index (χ0v) is 15.5. The van der Waals surface area contributed by atoms with E-state index >= 15 is 0 Å². The number of rotatable bonds is 5. The smallest absolute Gasteiger partial charge is 0.189 e. The summed E-state index contributed by atoms with van der Waals surface area (Å²) in [6.45, 7) is 4.08. The molecule has 1 heterocycles. The van der Waals surface area contributed by atoms with Crippen LogP contribution in [0.5, 0.6) is 0 Å². The van der Waals surface area contributed by atoms with Gasteiger partial charge in [-0.05, 0) is 32.0 Å². The minimum absolute atomic E-state index is 0.0559. The highest BCUT2D eigenvalue weighted by atomic mass is 16.1. The van der Waals surface area contributed by atoms with Crippen molar-refractivity contribution in [2.75, 3.05) is 5.32 Å². The summed E-state index contributed by atoms with van der Waals surface area (Å²) >= 11 is 0. The Hall–Kier alpha value is -3.33. The van der Waals surface area contributed by atoms with Crippen molar-refractivity contribution >= 4 is 22.4 Å². The third-order valence-electron chi connectivity index (χ3n) is 4.89. The lowest BCUT2D eigenvalue weighted by atomic mass is 9.96. The van der Waals surface area contributed by atoms with Crippen LogP contribution in [-0.2, 0) is 0 Å². The van der Waals surface area contributed by atoms with Crippen LogP contribution in [0.4, 0.5) is 5.69 Å². The summed E-state index contributed by atoms with van der Waals surface area (Å²) in [4.78, 5) is 16.7. The molecule has 3 nitrogen and oxygen atoms in total. The minimum Gasteiger partial charge on any atom is -0.371 e. The number of ketones is 1. The number of nitrogens with one attached hydrogen (secondary N) is 2. The Bertz CT molecular complexity index is 1080. The molecule has 1 atom stereocenters. The van der Waals surface area contributed by atoms with Gasteiger partial charge in [0, 0.05) is 33.9 Å². The maximum Gasteiger partial charge on any atom is 0.189 e. The van der Waals surface area contributed by atoms with Gasteiger partial charge in [-0.25, -0.2) is 0 Å². The van der Waals surface area contributed by atoms with Crippen molar-refractivity contribution in [2.45, 2.75) is 19.9 Å². The van der Waals surface area contributed by atoms with Gasteiger partial charge < -0.3 is 10.3 Å². The number of H-pyrrole nitrogens is 1.